The van der Waals surface area contributed by atoms with E-state index in [2.05, 4.69) is 12.2 Å². The van der Waals surface area contributed by atoms with Gasteiger partial charge in [-0.2, -0.15) is 0 Å². The van der Waals surface area contributed by atoms with Crippen LogP contribution in [0, 0.1) is 0 Å². The summed E-state index contributed by atoms with van der Waals surface area (Å²) in [5.74, 6) is 0. The van der Waals surface area contributed by atoms with Crippen molar-refractivity contribution in [3.63, 3.8) is 0 Å². The van der Waals surface area contributed by atoms with Gasteiger partial charge in [0.05, 0.1) is 13.2 Å². The van der Waals surface area contributed by atoms with E-state index in [4.69, 9.17) is 9.47 Å². The zero-order valence-corrected chi connectivity index (χ0v) is 9.08. The lowest BCUT2D eigenvalue weighted by atomic mass is 9.90. The molecule has 1 atom stereocenters. The van der Waals surface area contributed by atoms with Crippen molar-refractivity contribution < 1.29 is 14.6 Å². The molecule has 0 aromatic carbocycles. The predicted molar refractivity (Wildman–Crippen MR) is 54.3 cm³/mol. The number of nitrogens with one attached hydrogen (secondary N) is 1. The topological polar surface area (TPSA) is 50.7 Å². The number of methoxy groups -OCH3 is 1. The molecule has 4 nitrogen and oxygen atoms in total. The summed E-state index contributed by atoms with van der Waals surface area (Å²) in [5.41, 5.74) is -0.157. The minimum atomic E-state index is -0.157. The second-order valence-electron chi connectivity index (χ2n) is 4.05. The third-order valence-corrected chi connectivity index (χ3v) is 2.72. The highest BCUT2D eigenvalue weighted by Crippen LogP contribution is 2.20. The minimum absolute atomic E-state index is 0.157. The first kappa shape index (κ1) is 11.9. The number of ether oxygens (including phenoxy) is 2. The van der Waals surface area contributed by atoms with Crippen molar-refractivity contribution in [2.75, 3.05) is 33.5 Å². The fourth-order valence-corrected chi connectivity index (χ4v) is 1.92. The molecule has 0 amide bonds. The Hall–Kier alpha value is -0.160. The van der Waals surface area contributed by atoms with Crippen LogP contribution in [0.3, 0.4) is 0 Å². The van der Waals surface area contributed by atoms with Crippen molar-refractivity contribution >= 4 is 0 Å². The molecule has 0 saturated carbocycles. The summed E-state index contributed by atoms with van der Waals surface area (Å²) in [5, 5.41) is 12.8. The molecular formula is C10H21NO3. The fourth-order valence-electron chi connectivity index (χ4n) is 1.92. The number of aliphatic hydroxyl groups excluding tert-OH is 1. The van der Waals surface area contributed by atoms with Crippen LogP contribution in [0.25, 0.3) is 0 Å². The van der Waals surface area contributed by atoms with Crippen LogP contribution in [-0.4, -0.2) is 50.2 Å². The van der Waals surface area contributed by atoms with Gasteiger partial charge in [-0.15, -0.1) is 0 Å². The highest BCUT2D eigenvalue weighted by molar-refractivity contribution is 4.91. The van der Waals surface area contributed by atoms with Gasteiger partial charge in [0, 0.05) is 31.9 Å². The van der Waals surface area contributed by atoms with E-state index in [9.17, 15) is 5.11 Å². The summed E-state index contributed by atoms with van der Waals surface area (Å²) in [6.45, 7) is 4.36. The molecule has 0 aromatic rings. The van der Waals surface area contributed by atoms with Crippen LogP contribution in [0.15, 0.2) is 0 Å². The van der Waals surface area contributed by atoms with Gasteiger partial charge >= 0.3 is 0 Å². The maximum absolute atomic E-state index is 9.40. The van der Waals surface area contributed by atoms with Crippen LogP contribution in [0.5, 0.6) is 0 Å². The second kappa shape index (κ2) is 5.66. The van der Waals surface area contributed by atoms with E-state index in [0.29, 0.717) is 6.61 Å². The predicted octanol–water partition coefficient (Wildman–Crippen LogP) is 0.152. The standard InChI is InChI=1S/C10H21NO3/c1-9(7-13-2)11-10(8-12)3-5-14-6-4-10/h9,11-12H,3-8H2,1-2H3. The number of aliphatic hydroxyl groups is 1. The smallest absolute Gasteiger partial charge is 0.0615 e. The summed E-state index contributed by atoms with van der Waals surface area (Å²) >= 11 is 0. The minimum Gasteiger partial charge on any atom is -0.394 e. The van der Waals surface area contributed by atoms with Crippen LogP contribution in [0.4, 0.5) is 0 Å². The molecule has 0 bridgehead atoms. The number of hydrogen-bond donors (Lipinski definition) is 2. The molecular weight excluding hydrogens is 182 g/mol. The largest absolute Gasteiger partial charge is 0.394 e. The summed E-state index contributed by atoms with van der Waals surface area (Å²) in [6, 6.07) is 0.269. The number of hydrogen-bond acceptors (Lipinski definition) is 4. The molecule has 4 heteroatoms. The molecule has 1 unspecified atom stereocenters. The van der Waals surface area contributed by atoms with Gasteiger partial charge in [-0.25, -0.2) is 0 Å². The summed E-state index contributed by atoms with van der Waals surface area (Å²) in [7, 11) is 1.69. The van der Waals surface area contributed by atoms with E-state index < -0.39 is 0 Å². The van der Waals surface area contributed by atoms with Crippen molar-refractivity contribution in [2.24, 2.45) is 0 Å². The highest BCUT2D eigenvalue weighted by atomic mass is 16.5. The SMILES string of the molecule is COCC(C)NC1(CO)CCOCC1. The summed E-state index contributed by atoms with van der Waals surface area (Å²) in [6.07, 6.45) is 1.75. The molecule has 84 valence electrons. The van der Waals surface area contributed by atoms with Gasteiger partial charge in [0.25, 0.3) is 0 Å². The molecule has 1 heterocycles. The maximum Gasteiger partial charge on any atom is 0.0615 e. The van der Waals surface area contributed by atoms with Gasteiger partial charge in [-0.05, 0) is 19.8 Å². The van der Waals surface area contributed by atoms with Crippen LogP contribution < -0.4 is 5.32 Å². The summed E-state index contributed by atoms with van der Waals surface area (Å²) < 4.78 is 10.3. The molecule has 1 aliphatic heterocycles. The molecule has 1 aliphatic rings. The van der Waals surface area contributed by atoms with Gasteiger partial charge in [-0.1, -0.05) is 0 Å². The zero-order valence-electron chi connectivity index (χ0n) is 9.08. The van der Waals surface area contributed by atoms with Crippen molar-refractivity contribution in [1.29, 1.82) is 0 Å². The fraction of sp³-hybridized carbons (Fsp3) is 1.00. The van der Waals surface area contributed by atoms with Crippen LogP contribution >= 0.6 is 0 Å². The van der Waals surface area contributed by atoms with E-state index in [1.165, 1.54) is 0 Å². The van der Waals surface area contributed by atoms with Crippen molar-refractivity contribution in [2.45, 2.75) is 31.3 Å². The normalized spacial score (nSPS) is 23.4. The quantitative estimate of drug-likeness (QED) is 0.668. The first-order valence-corrected chi connectivity index (χ1v) is 5.18. The Kier molecular flexibility index (Phi) is 4.81. The van der Waals surface area contributed by atoms with E-state index in [1.807, 2.05) is 0 Å². The molecule has 1 rings (SSSR count). The maximum atomic E-state index is 9.40. The lowest BCUT2D eigenvalue weighted by Crippen LogP contribution is -2.56. The van der Waals surface area contributed by atoms with Gasteiger partial charge < -0.3 is 19.9 Å². The highest BCUT2D eigenvalue weighted by Gasteiger charge is 2.32. The van der Waals surface area contributed by atoms with Crippen LogP contribution in [0.2, 0.25) is 0 Å². The Morgan fingerprint density at radius 3 is 2.64 bits per heavy atom. The molecule has 0 radical (unpaired) electrons. The first-order valence-electron chi connectivity index (χ1n) is 5.18. The second-order valence-corrected chi connectivity index (χ2v) is 4.05. The van der Waals surface area contributed by atoms with E-state index >= 15 is 0 Å². The lowest BCUT2D eigenvalue weighted by Gasteiger charge is -2.38. The molecule has 14 heavy (non-hydrogen) atoms. The molecule has 1 fully saturated rings. The first-order chi connectivity index (χ1) is 6.72. The Balaban J connectivity index is 2.42. The van der Waals surface area contributed by atoms with E-state index in [-0.39, 0.29) is 18.2 Å². The van der Waals surface area contributed by atoms with Crippen molar-refractivity contribution in [1.82, 2.24) is 5.32 Å². The van der Waals surface area contributed by atoms with Crippen molar-refractivity contribution in [3.8, 4) is 0 Å². The molecule has 0 spiro atoms. The third kappa shape index (κ3) is 3.20. The molecule has 0 aromatic heterocycles. The Labute approximate surface area is 85.6 Å². The monoisotopic (exact) mass is 203 g/mol. The molecule has 0 aliphatic carbocycles. The Bertz CT molecular complexity index is 157. The molecule has 2 N–H and O–H groups in total. The Morgan fingerprint density at radius 1 is 1.50 bits per heavy atom. The molecule has 1 saturated heterocycles. The lowest BCUT2D eigenvalue weighted by molar-refractivity contribution is 0.00248. The van der Waals surface area contributed by atoms with E-state index in [1.54, 1.807) is 7.11 Å². The van der Waals surface area contributed by atoms with Crippen molar-refractivity contribution in [3.05, 3.63) is 0 Å². The number of rotatable bonds is 5. The van der Waals surface area contributed by atoms with Gasteiger partial charge in [0.2, 0.25) is 0 Å². The van der Waals surface area contributed by atoms with Gasteiger partial charge in [0.15, 0.2) is 0 Å². The van der Waals surface area contributed by atoms with Crippen LogP contribution in [-0.2, 0) is 9.47 Å². The van der Waals surface area contributed by atoms with Gasteiger partial charge in [-0.3, -0.25) is 0 Å². The van der Waals surface area contributed by atoms with E-state index in [0.717, 1.165) is 26.1 Å². The van der Waals surface area contributed by atoms with Gasteiger partial charge in [0.1, 0.15) is 0 Å². The third-order valence-electron chi connectivity index (χ3n) is 2.72. The Morgan fingerprint density at radius 2 is 2.14 bits per heavy atom. The summed E-state index contributed by atoms with van der Waals surface area (Å²) in [4.78, 5) is 0. The average molecular weight is 203 g/mol. The zero-order chi connectivity index (χ0) is 10.4. The average Bonchev–Trinajstić information content (AvgIpc) is 2.19. The van der Waals surface area contributed by atoms with Crippen LogP contribution in [0.1, 0.15) is 19.8 Å².